The van der Waals surface area contributed by atoms with E-state index < -0.39 is 56.5 Å². The zero-order valence-electron chi connectivity index (χ0n) is 17.1. The highest BCUT2D eigenvalue weighted by Gasteiger charge is 2.23. The summed E-state index contributed by atoms with van der Waals surface area (Å²) in [6, 6.07) is 12.0. The van der Waals surface area contributed by atoms with E-state index in [0.29, 0.717) is 0 Å². The van der Waals surface area contributed by atoms with Crippen molar-refractivity contribution in [1.82, 2.24) is 0 Å². The maximum absolute atomic E-state index is 12.0. The number of hydrogen-bond donors (Lipinski definition) is 4. The number of phenolic OH excluding ortho intramolecular Hbond substituents is 1. The van der Waals surface area contributed by atoms with Gasteiger partial charge in [-0.1, -0.05) is 24.3 Å². The molecule has 12 nitrogen and oxygen atoms in total. The standard InChI is InChI=1S/C20H14N2O10S3/c23-20-13-8-7-12(33(24,25)26)9-11(13)10-18(35(30,31)32)19(20)22-21-16-5-1-4-15-14(16)3-2-6-17(15)34(27,28)29/h1-10,23H,(H,24,25,26)(H,27,28,29)(H,30,31,32). The molecule has 4 rings (SSSR count). The lowest BCUT2D eigenvalue weighted by Crippen LogP contribution is -2.00. The predicted molar refractivity (Wildman–Crippen MR) is 123 cm³/mol. The molecule has 0 heterocycles. The molecule has 0 radical (unpaired) electrons. The topological polar surface area (TPSA) is 208 Å². The monoisotopic (exact) mass is 538 g/mol. The lowest BCUT2D eigenvalue weighted by Gasteiger charge is -2.10. The fraction of sp³-hybridized carbons (Fsp3) is 0. The van der Waals surface area contributed by atoms with Gasteiger partial charge in [-0.25, -0.2) is 0 Å². The Kier molecular flexibility index (Phi) is 5.87. The molecule has 4 aromatic carbocycles. The van der Waals surface area contributed by atoms with Gasteiger partial charge < -0.3 is 5.11 Å². The Balaban J connectivity index is 1.97. The Hall–Kier alpha value is -3.47. The molecular formula is C20H14N2O10S3. The summed E-state index contributed by atoms with van der Waals surface area (Å²) < 4.78 is 98.5. The second-order valence-electron chi connectivity index (χ2n) is 7.21. The van der Waals surface area contributed by atoms with Gasteiger partial charge >= 0.3 is 0 Å². The average Bonchev–Trinajstić information content (AvgIpc) is 2.75. The first-order valence-electron chi connectivity index (χ1n) is 9.33. The second kappa shape index (κ2) is 8.33. The van der Waals surface area contributed by atoms with Crippen molar-refractivity contribution in [2.45, 2.75) is 14.7 Å². The molecule has 0 amide bonds. The summed E-state index contributed by atoms with van der Waals surface area (Å²) in [4.78, 5) is -1.88. The second-order valence-corrected chi connectivity index (χ2v) is 11.4. The van der Waals surface area contributed by atoms with Crippen molar-refractivity contribution in [3.63, 3.8) is 0 Å². The number of benzene rings is 4. The quantitative estimate of drug-likeness (QED) is 0.213. The summed E-state index contributed by atoms with van der Waals surface area (Å²) in [6.45, 7) is 0. The van der Waals surface area contributed by atoms with Crippen LogP contribution < -0.4 is 0 Å². The molecule has 4 aromatic rings. The molecule has 0 aliphatic carbocycles. The van der Waals surface area contributed by atoms with Crippen molar-refractivity contribution >= 4 is 63.3 Å². The van der Waals surface area contributed by atoms with E-state index in [9.17, 15) is 44.0 Å². The molecule has 0 saturated carbocycles. The van der Waals surface area contributed by atoms with Crippen LogP contribution in [0.3, 0.4) is 0 Å². The maximum atomic E-state index is 12.0. The van der Waals surface area contributed by atoms with Gasteiger partial charge in [0.2, 0.25) is 0 Å². The highest BCUT2D eigenvalue weighted by Crippen LogP contribution is 2.42. The van der Waals surface area contributed by atoms with E-state index in [0.717, 1.165) is 24.3 Å². The molecule has 4 N–H and O–H groups in total. The Morgan fingerprint density at radius 3 is 1.86 bits per heavy atom. The molecule has 0 bridgehead atoms. The number of hydrogen-bond acceptors (Lipinski definition) is 9. The summed E-state index contributed by atoms with van der Waals surface area (Å²) in [7, 11) is -14.2. The zero-order chi connectivity index (χ0) is 25.8. The Morgan fingerprint density at radius 1 is 0.600 bits per heavy atom. The molecule has 0 aromatic heterocycles. The van der Waals surface area contributed by atoms with Crippen LogP contribution in [0.25, 0.3) is 21.5 Å². The third-order valence-corrected chi connectivity index (χ3v) is 7.62. The van der Waals surface area contributed by atoms with Gasteiger partial charge in [0.25, 0.3) is 30.4 Å². The summed E-state index contributed by atoms with van der Waals surface area (Å²) in [6.07, 6.45) is 0. The number of aromatic hydroxyl groups is 1. The van der Waals surface area contributed by atoms with Crippen LogP contribution in [0.15, 0.2) is 85.6 Å². The number of fused-ring (bicyclic) bond motifs is 2. The van der Waals surface area contributed by atoms with Gasteiger partial charge in [-0.15, -0.1) is 10.2 Å². The SMILES string of the molecule is O=S(=O)(O)c1ccc2c(O)c(N=Nc3cccc4c(S(=O)(=O)O)cccc34)c(S(=O)(=O)O)cc2c1. The molecule has 0 spiro atoms. The van der Waals surface area contributed by atoms with Gasteiger partial charge in [0.05, 0.1) is 10.6 Å². The predicted octanol–water partition coefficient (Wildman–Crippen LogP) is 3.85. The van der Waals surface area contributed by atoms with E-state index in [-0.39, 0.29) is 27.2 Å². The first-order valence-corrected chi connectivity index (χ1v) is 13.7. The van der Waals surface area contributed by atoms with Crippen LogP contribution in [0.2, 0.25) is 0 Å². The first kappa shape index (κ1) is 24.6. The van der Waals surface area contributed by atoms with Crippen LogP contribution in [0.5, 0.6) is 5.75 Å². The van der Waals surface area contributed by atoms with Crippen LogP contribution in [-0.4, -0.2) is 44.0 Å². The van der Waals surface area contributed by atoms with Gasteiger partial charge in [-0.2, -0.15) is 25.3 Å². The van der Waals surface area contributed by atoms with Crippen LogP contribution in [0, 0.1) is 0 Å². The normalized spacial score (nSPS) is 13.1. The van der Waals surface area contributed by atoms with Crippen molar-refractivity contribution in [2.75, 3.05) is 0 Å². The molecule has 35 heavy (non-hydrogen) atoms. The van der Waals surface area contributed by atoms with Crippen LogP contribution >= 0.6 is 0 Å². The summed E-state index contributed by atoms with van der Waals surface area (Å²) >= 11 is 0. The van der Waals surface area contributed by atoms with E-state index in [4.69, 9.17) is 0 Å². The van der Waals surface area contributed by atoms with Crippen LogP contribution in [0.1, 0.15) is 0 Å². The third-order valence-electron chi connectivity index (χ3n) is 4.99. The molecule has 0 unspecified atom stereocenters. The molecule has 0 aliphatic rings. The van der Waals surface area contributed by atoms with Gasteiger partial charge in [-0.3, -0.25) is 13.7 Å². The lowest BCUT2D eigenvalue weighted by molar-refractivity contribution is 0.472. The fourth-order valence-corrected chi connectivity index (χ4v) is 5.34. The minimum Gasteiger partial charge on any atom is -0.505 e. The number of azo groups is 1. The molecule has 182 valence electrons. The van der Waals surface area contributed by atoms with E-state index in [2.05, 4.69) is 10.2 Å². The minimum absolute atomic E-state index is 0.0375. The molecule has 0 aliphatic heterocycles. The van der Waals surface area contributed by atoms with Gasteiger partial charge in [0.15, 0.2) is 5.75 Å². The largest absolute Gasteiger partial charge is 0.505 e. The van der Waals surface area contributed by atoms with Crippen molar-refractivity contribution in [3.05, 3.63) is 60.7 Å². The summed E-state index contributed by atoms with van der Waals surface area (Å²) in [5, 5.41) is 18.4. The van der Waals surface area contributed by atoms with E-state index in [1.54, 1.807) is 0 Å². The van der Waals surface area contributed by atoms with Crippen molar-refractivity contribution in [3.8, 4) is 5.75 Å². The number of phenols is 1. The van der Waals surface area contributed by atoms with Crippen molar-refractivity contribution in [2.24, 2.45) is 10.2 Å². The average molecular weight is 539 g/mol. The van der Waals surface area contributed by atoms with E-state index >= 15 is 0 Å². The molecule has 0 fully saturated rings. The lowest BCUT2D eigenvalue weighted by atomic mass is 10.1. The molecule has 0 atom stereocenters. The van der Waals surface area contributed by atoms with Crippen LogP contribution in [0.4, 0.5) is 11.4 Å². The van der Waals surface area contributed by atoms with Gasteiger partial charge in [-0.05, 0) is 41.8 Å². The van der Waals surface area contributed by atoms with Crippen LogP contribution in [-0.2, 0) is 30.4 Å². The zero-order valence-corrected chi connectivity index (χ0v) is 19.6. The Bertz CT molecular complexity index is 1880. The number of nitrogens with zero attached hydrogens (tertiary/aromatic N) is 2. The van der Waals surface area contributed by atoms with Crippen molar-refractivity contribution in [1.29, 1.82) is 0 Å². The summed E-state index contributed by atoms with van der Waals surface area (Å²) in [5.74, 6) is -0.764. The molecule has 15 heteroatoms. The fourth-order valence-electron chi connectivity index (χ4n) is 3.46. The third kappa shape index (κ3) is 4.72. The summed E-state index contributed by atoms with van der Waals surface area (Å²) in [5.41, 5.74) is -0.641. The van der Waals surface area contributed by atoms with Crippen molar-refractivity contribution < 1.29 is 44.0 Å². The minimum atomic E-state index is -5.01. The highest BCUT2D eigenvalue weighted by atomic mass is 32.2. The molecule has 0 saturated heterocycles. The van der Waals surface area contributed by atoms with Gasteiger partial charge in [0, 0.05) is 16.2 Å². The maximum Gasteiger partial charge on any atom is 0.296 e. The van der Waals surface area contributed by atoms with E-state index in [1.807, 2.05) is 0 Å². The smallest absolute Gasteiger partial charge is 0.296 e. The first-order chi connectivity index (χ1) is 16.2. The Morgan fingerprint density at radius 2 is 1.23 bits per heavy atom. The number of rotatable bonds is 5. The molecular weight excluding hydrogens is 524 g/mol. The Labute approximate surface area is 198 Å². The van der Waals surface area contributed by atoms with E-state index in [1.165, 1.54) is 36.4 Å². The highest BCUT2D eigenvalue weighted by molar-refractivity contribution is 7.86. The van der Waals surface area contributed by atoms with Gasteiger partial charge in [0.1, 0.15) is 15.5 Å².